The first kappa shape index (κ1) is 15.6. The molecule has 0 saturated carbocycles. The number of benzene rings is 1. The van der Waals surface area contributed by atoms with Gasteiger partial charge in [0.05, 0.1) is 17.0 Å². The number of nitrogens with one attached hydrogen (secondary N) is 1. The summed E-state index contributed by atoms with van der Waals surface area (Å²) in [4.78, 5) is 34.2. The first-order chi connectivity index (χ1) is 10.6. The Hall–Kier alpha value is -2.74. The molecule has 1 aromatic heterocycles. The van der Waals surface area contributed by atoms with Crippen LogP contribution in [0.25, 0.3) is 0 Å². The number of carbonyl (C=O) groups excluding carboxylic acids is 2. The summed E-state index contributed by atoms with van der Waals surface area (Å²) in [7, 11) is 0. The monoisotopic (exact) mass is 320 g/mol. The number of hydrogen-bond donors (Lipinski definition) is 1. The Kier molecular flexibility index (Phi) is 5.21. The van der Waals surface area contributed by atoms with Crippen molar-refractivity contribution in [1.82, 2.24) is 5.32 Å². The summed E-state index contributed by atoms with van der Waals surface area (Å²) in [5.74, 6) is -1.12. The van der Waals surface area contributed by atoms with Gasteiger partial charge in [0.25, 0.3) is 11.6 Å². The van der Waals surface area contributed by atoms with Gasteiger partial charge in [0, 0.05) is 17.0 Å². The van der Waals surface area contributed by atoms with Gasteiger partial charge < -0.3 is 10.1 Å². The second kappa shape index (κ2) is 7.32. The van der Waals surface area contributed by atoms with Crippen molar-refractivity contribution >= 4 is 28.9 Å². The van der Waals surface area contributed by atoms with E-state index in [0.717, 1.165) is 4.88 Å². The van der Waals surface area contributed by atoms with Crippen LogP contribution in [-0.4, -0.2) is 23.4 Å². The maximum absolute atomic E-state index is 11.7. The largest absolute Gasteiger partial charge is 0.452 e. The lowest BCUT2D eigenvalue weighted by molar-refractivity contribution is -0.384. The molecule has 1 heterocycles. The third-order valence-corrected chi connectivity index (χ3v) is 3.56. The number of rotatable bonds is 6. The number of esters is 1. The summed E-state index contributed by atoms with van der Waals surface area (Å²) in [5, 5.41) is 15.0. The zero-order valence-electron chi connectivity index (χ0n) is 11.4. The Morgan fingerprint density at radius 3 is 2.55 bits per heavy atom. The SMILES string of the molecule is O=C(COC(=O)c1ccc([N+](=O)[O-])cc1)NCc1cccs1. The molecule has 1 amide bonds. The molecular weight excluding hydrogens is 308 g/mol. The molecule has 0 spiro atoms. The molecule has 0 aliphatic rings. The molecule has 0 aliphatic carbocycles. The van der Waals surface area contributed by atoms with Gasteiger partial charge in [0.2, 0.25) is 0 Å². The average Bonchev–Trinajstić information content (AvgIpc) is 3.04. The smallest absolute Gasteiger partial charge is 0.338 e. The number of amides is 1. The molecule has 2 rings (SSSR count). The van der Waals surface area contributed by atoms with Crippen molar-refractivity contribution in [1.29, 1.82) is 0 Å². The van der Waals surface area contributed by atoms with Gasteiger partial charge >= 0.3 is 5.97 Å². The Morgan fingerprint density at radius 1 is 1.23 bits per heavy atom. The van der Waals surface area contributed by atoms with Crippen LogP contribution in [0.2, 0.25) is 0 Å². The molecule has 8 heteroatoms. The van der Waals surface area contributed by atoms with Crippen molar-refractivity contribution in [3.63, 3.8) is 0 Å². The van der Waals surface area contributed by atoms with Gasteiger partial charge in [-0.15, -0.1) is 11.3 Å². The van der Waals surface area contributed by atoms with Crippen molar-refractivity contribution in [2.75, 3.05) is 6.61 Å². The van der Waals surface area contributed by atoms with Crippen LogP contribution in [0, 0.1) is 10.1 Å². The molecule has 0 aliphatic heterocycles. The molecule has 114 valence electrons. The molecule has 0 radical (unpaired) electrons. The third kappa shape index (κ3) is 4.38. The Balaban J connectivity index is 1.79. The van der Waals surface area contributed by atoms with Gasteiger partial charge in [-0.25, -0.2) is 4.79 Å². The molecule has 22 heavy (non-hydrogen) atoms. The Bertz CT molecular complexity index is 667. The van der Waals surface area contributed by atoms with Gasteiger partial charge in [-0.1, -0.05) is 6.07 Å². The van der Waals surface area contributed by atoms with Crippen LogP contribution in [0.3, 0.4) is 0 Å². The number of nitro benzene ring substituents is 1. The Morgan fingerprint density at radius 2 is 1.95 bits per heavy atom. The predicted molar refractivity (Wildman–Crippen MR) is 79.5 cm³/mol. The van der Waals surface area contributed by atoms with E-state index < -0.39 is 23.4 Å². The predicted octanol–water partition coefficient (Wildman–Crippen LogP) is 2.13. The quantitative estimate of drug-likeness (QED) is 0.499. The topological polar surface area (TPSA) is 98.5 Å². The molecule has 2 aromatic rings. The lowest BCUT2D eigenvalue weighted by Crippen LogP contribution is -2.28. The fourth-order valence-electron chi connectivity index (χ4n) is 1.58. The summed E-state index contributed by atoms with van der Waals surface area (Å²) in [5.41, 5.74) is 0.0295. The van der Waals surface area contributed by atoms with Gasteiger partial charge in [-0.3, -0.25) is 14.9 Å². The van der Waals surface area contributed by atoms with Gasteiger partial charge in [0.15, 0.2) is 6.61 Å². The maximum Gasteiger partial charge on any atom is 0.338 e. The van der Waals surface area contributed by atoms with Crippen molar-refractivity contribution in [3.05, 3.63) is 62.3 Å². The van der Waals surface area contributed by atoms with Crippen molar-refractivity contribution in [3.8, 4) is 0 Å². The van der Waals surface area contributed by atoms with E-state index in [0.29, 0.717) is 6.54 Å². The molecule has 0 atom stereocenters. The fraction of sp³-hybridized carbons (Fsp3) is 0.143. The number of thiophene rings is 1. The second-order valence-corrected chi connectivity index (χ2v) is 5.27. The minimum Gasteiger partial charge on any atom is -0.452 e. The lowest BCUT2D eigenvalue weighted by Gasteiger charge is -2.05. The van der Waals surface area contributed by atoms with Crippen LogP contribution in [0.5, 0.6) is 0 Å². The van der Waals surface area contributed by atoms with Crippen LogP contribution in [-0.2, 0) is 16.1 Å². The van der Waals surface area contributed by atoms with Crippen LogP contribution in [0.1, 0.15) is 15.2 Å². The zero-order valence-corrected chi connectivity index (χ0v) is 12.2. The van der Waals surface area contributed by atoms with Crippen LogP contribution in [0.15, 0.2) is 41.8 Å². The molecule has 0 fully saturated rings. The number of nitrogens with zero attached hydrogens (tertiary/aromatic N) is 1. The van der Waals surface area contributed by atoms with E-state index >= 15 is 0 Å². The lowest BCUT2D eigenvalue weighted by atomic mass is 10.2. The highest BCUT2D eigenvalue weighted by Gasteiger charge is 2.12. The first-order valence-electron chi connectivity index (χ1n) is 6.27. The molecular formula is C14H12N2O5S. The normalized spacial score (nSPS) is 10.0. The van der Waals surface area contributed by atoms with E-state index in [9.17, 15) is 19.7 Å². The van der Waals surface area contributed by atoms with Crippen LogP contribution < -0.4 is 5.32 Å². The molecule has 1 N–H and O–H groups in total. The number of nitro groups is 1. The Labute approximate surface area is 129 Å². The number of carbonyl (C=O) groups is 2. The summed E-state index contributed by atoms with van der Waals surface area (Å²) in [6, 6.07) is 8.73. The van der Waals surface area contributed by atoms with Gasteiger partial charge in [-0.05, 0) is 23.6 Å². The van der Waals surface area contributed by atoms with Gasteiger partial charge in [-0.2, -0.15) is 0 Å². The summed E-state index contributed by atoms with van der Waals surface area (Å²) in [6.07, 6.45) is 0. The summed E-state index contributed by atoms with van der Waals surface area (Å²) in [6.45, 7) is -0.0211. The van der Waals surface area contributed by atoms with Crippen molar-refractivity contribution in [2.24, 2.45) is 0 Å². The highest BCUT2D eigenvalue weighted by molar-refractivity contribution is 7.09. The highest BCUT2D eigenvalue weighted by Crippen LogP contribution is 2.12. The third-order valence-electron chi connectivity index (χ3n) is 2.69. The van der Waals surface area contributed by atoms with Crippen molar-refractivity contribution in [2.45, 2.75) is 6.54 Å². The number of hydrogen-bond acceptors (Lipinski definition) is 6. The minimum atomic E-state index is -0.707. The summed E-state index contributed by atoms with van der Waals surface area (Å²) < 4.78 is 4.84. The molecule has 0 unspecified atom stereocenters. The van der Waals surface area contributed by atoms with E-state index in [2.05, 4.69) is 5.32 Å². The molecule has 7 nitrogen and oxygen atoms in total. The van der Waals surface area contributed by atoms with E-state index in [4.69, 9.17) is 4.74 Å². The van der Waals surface area contributed by atoms with Crippen LogP contribution in [0.4, 0.5) is 5.69 Å². The summed E-state index contributed by atoms with van der Waals surface area (Å²) >= 11 is 1.51. The minimum absolute atomic E-state index is 0.120. The van der Waals surface area contributed by atoms with E-state index in [1.807, 2.05) is 17.5 Å². The van der Waals surface area contributed by atoms with Crippen LogP contribution >= 0.6 is 11.3 Å². The maximum atomic E-state index is 11.7. The fourth-order valence-corrected chi connectivity index (χ4v) is 2.23. The van der Waals surface area contributed by atoms with E-state index in [1.54, 1.807) is 0 Å². The highest BCUT2D eigenvalue weighted by atomic mass is 32.1. The second-order valence-electron chi connectivity index (χ2n) is 4.24. The first-order valence-corrected chi connectivity index (χ1v) is 7.15. The number of non-ortho nitro benzene ring substituents is 1. The van der Waals surface area contributed by atoms with E-state index in [1.165, 1.54) is 35.6 Å². The zero-order chi connectivity index (χ0) is 15.9. The standard InChI is InChI=1S/C14H12N2O5S/c17-13(15-8-12-2-1-7-22-12)9-21-14(18)10-3-5-11(6-4-10)16(19)20/h1-7H,8-9H2,(H,15,17). The van der Waals surface area contributed by atoms with Gasteiger partial charge in [0.1, 0.15) is 0 Å². The number of ether oxygens (including phenoxy) is 1. The van der Waals surface area contributed by atoms with Crippen molar-refractivity contribution < 1.29 is 19.2 Å². The molecule has 1 aromatic carbocycles. The molecule has 0 saturated heterocycles. The van der Waals surface area contributed by atoms with E-state index in [-0.39, 0.29) is 11.3 Å². The average molecular weight is 320 g/mol. The molecule has 0 bridgehead atoms.